The third-order valence-electron chi connectivity index (χ3n) is 4.12. The first-order valence-electron chi connectivity index (χ1n) is 8.79. The van der Waals surface area contributed by atoms with Crippen LogP contribution >= 0.6 is 0 Å². The number of hydrogen-bond donors (Lipinski definition) is 0. The number of rotatable bonds is 8. The van der Waals surface area contributed by atoms with Gasteiger partial charge in [0.25, 0.3) is 10.0 Å². The zero-order valence-electron chi connectivity index (χ0n) is 15.4. The number of hydrogen-bond acceptors (Lipinski definition) is 4. The standard InChI is InChI=1S/C20H25NO4S/c1-4-16-11-10-12-17(5-2)20(16)21(15-19(22)25-6-3)26(23,24)18-13-8-7-9-14-18/h7-14H,4-6,15H2,1-3H3. The Morgan fingerprint density at radius 2 is 1.50 bits per heavy atom. The zero-order chi connectivity index (χ0) is 19.2. The van der Waals surface area contributed by atoms with Crippen LogP contribution in [-0.4, -0.2) is 27.5 Å². The number of aryl methyl sites for hydroxylation is 2. The van der Waals surface area contributed by atoms with Crippen LogP contribution in [0.25, 0.3) is 0 Å². The summed E-state index contributed by atoms with van der Waals surface area (Å²) in [7, 11) is -3.90. The lowest BCUT2D eigenvalue weighted by Gasteiger charge is -2.28. The lowest BCUT2D eigenvalue weighted by Crippen LogP contribution is -2.38. The number of nitrogens with zero attached hydrogens (tertiary/aromatic N) is 1. The Bertz CT molecular complexity index is 825. The van der Waals surface area contributed by atoms with Crippen molar-refractivity contribution in [1.29, 1.82) is 0 Å². The lowest BCUT2D eigenvalue weighted by molar-refractivity contribution is -0.141. The molecule has 0 saturated heterocycles. The van der Waals surface area contributed by atoms with Gasteiger partial charge in [-0.3, -0.25) is 9.10 Å². The first-order chi connectivity index (χ1) is 12.5. The highest BCUT2D eigenvalue weighted by Gasteiger charge is 2.30. The molecule has 0 spiro atoms. The topological polar surface area (TPSA) is 63.7 Å². The number of benzene rings is 2. The average Bonchev–Trinajstić information content (AvgIpc) is 2.66. The van der Waals surface area contributed by atoms with Gasteiger partial charge in [0.15, 0.2) is 0 Å². The molecule has 0 saturated carbocycles. The molecule has 0 bridgehead atoms. The van der Waals surface area contributed by atoms with Crippen LogP contribution in [0.4, 0.5) is 5.69 Å². The average molecular weight is 375 g/mol. The van der Waals surface area contributed by atoms with Crippen molar-refractivity contribution in [3.8, 4) is 0 Å². The first-order valence-corrected chi connectivity index (χ1v) is 10.2. The lowest BCUT2D eigenvalue weighted by atomic mass is 10.0. The molecule has 0 atom stereocenters. The molecule has 0 aromatic heterocycles. The van der Waals surface area contributed by atoms with Gasteiger partial charge in [0.1, 0.15) is 6.54 Å². The number of sulfonamides is 1. The van der Waals surface area contributed by atoms with Crippen molar-refractivity contribution in [3.05, 3.63) is 59.7 Å². The van der Waals surface area contributed by atoms with E-state index in [1.165, 1.54) is 16.4 Å². The maximum Gasteiger partial charge on any atom is 0.326 e. The van der Waals surface area contributed by atoms with Gasteiger partial charge in [-0.15, -0.1) is 0 Å². The monoisotopic (exact) mass is 375 g/mol. The number of carbonyl (C=O) groups excluding carboxylic acids is 1. The second kappa shape index (κ2) is 8.85. The summed E-state index contributed by atoms with van der Waals surface area (Å²) in [6.45, 7) is 5.49. The van der Waals surface area contributed by atoms with E-state index >= 15 is 0 Å². The normalized spacial score (nSPS) is 11.2. The smallest absolute Gasteiger partial charge is 0.326 e. The Morgan fingerprint density at radius 3 is 2.00 bits per heavy atom. The van der Waals surface area contributed by atoms with Gasteiger partial charge >= 0.3 is 5.97 Å². The molecular weight excluding hydrogens is 350 g/mol. The maximum absolute atomic E-state index is 13.3. The Balaban J connectivity index is 2.65. The van der Waals surface area contributed by atoms with E-state index in [-0.39, 0.29) is 18.0 Å². The summed E-state index contributed by atoms with van der Waals surface area (Å²) in [5, 5.41) is 0. The van der Waals surface area contributed by atoms with Crippen molar-refractivity contribution in [3.63, 3.8) is 0 Å². The number of carbonyl (C=O) groups is 1. The summed E-state index contributed by atoms with van der Waals surface area (Å²) in [4.78, 5) is 12.3. The molecule has 2 aromatic carbocycles. The van der Waals surface area contributed by atoms with E-state index in [4.69, 9.17) is 4.74 Å². The molecule has 0 amide bonds. The predicted octanol–water partition coefficient (Wildman–Crippen LogP) is 3.57. The molecule has 0 aliphatic carbocycles. The van der Waals surface area contributed by atoms with Crippen LogP contribution in [0.5, 0.6) is 0 Å². The van der Waals surface area contributed by atoms with Crippen LogP contribution in [0.1, 0.15) is 31.9 Å². The van der Waals surface area contributed by atoms with Crippen LogP contribution in [0.15, 0.2) is 53.4 Å². The van der Waals surface area contributed by atoms with E-state index in [1.54, 1.807) is 25.1 Å². The Labute approximate surface area is 155 Å². The van der Waals surface area contributed by atoms with Crippen LogP contribution in [0, 0.1) is 0 Å². The fourth-order valence-corrected chi connectivity index (χ4v) is 4.37. The quantitative estimate of drug-likeness (QED) is 0.662. The number of esters is 1. The van der Waals surface area contributed by atoms with E-state index in [0.717, 1.165) is 11.1 Å². The second-order valence-corrected chi connectivity index (χ2v) is 7.62. The minimum absolute atomic E-state index is 0.150. The zero-order valence-corrected chi connectivity index (χ0v) is 16.3. The molecule has 140 valence electrons. The summed E-state index contributed by atoms with van der Waals surface area (Å²) in [6.07, 6.45) is 1.32. The number of para-hydroxylation sites is 1. The van der Waals surface area contributed by atoms with Crippen LogP contribution in [0.2, 0.25) is 0 Å². The molecule has 2 rings (SSSR count). The highest BCUT2D eigenvalue weighted by Crippen LogP contribution is 2.31. The third kappa shape index (κ3) is 4.25. The van der Waals surface area contributed by atoms with Gasteiger partial charge < -0.3 is 4.74 Å². The fourth-order valence-electron chi connectivity index (χ4n) is 2.86. The van der Waals surface area contributed by atoms with Gasteiger partial charge in [0, 0.05) is 0 Å². The van der Waals surface area contributed by atoms with Crippen molar-refractivity contribution in [2.24, 2.45) is 0 Å². The summed E-state index contributed by atoms with van der Waals surface area (Å²) in [5.41, 5.74) is 2.34. The molecule has 0 aliphatic rings. The SMILES string of the molecule is CCOC(=O)CN(c1c(CC)cccc1CC)S(=O)(=O)c1ccccc1. The largest absolute Gasteiger partial charge is 0.465 e. The second-order valence-electron chi connectivity index (χ2n) is 5.76. The van der Waals surface area contributed by atoms with Gasteiger partial charge in [0.05, 0.1) is 17.2 Å². The molecular formula is C20H25NO4S. The van der Waals surface area contributed by atoms with Crippen LogP contribution in [0.3, 0.4) is 0 Å². The minimum Gasteiger partial charge on any atom is -0.465 e. The molecule has 0 radical (unpaired) electrons. The number of ether oxygens (including phenoxy) is 1. The highest BCUT2D eigenvalue weighted by atomic mass is 32.2. The molecule has 0 heterocycles. The van der Waals surface area contributed by atoms with Gasteiger partial charge in [-0.05, 0) is 43.0 Å². The predicted molar refractivity (Wildman–Crippen MR) is 103 cm³/mol. The molecule has 2 aromatic rings. The van der Waals surface area contributed by atoms with Crippen molar-refractivity contribution >= 4 is 21.7 Å². The number of anilines is 1. The molecule has 5 nitrogen and oxygen atoms in total. The van der Waals surface area contributed by atoms with Gasteiger partial charge in [-0.2, -0.15) is 0 Å². The van der Waals surface area contributed by atoms with Crippen molar-refractivity contribution in [2.45, 2.75) is 38.5 Å². The summed E-state index contributed by atoms with van der Waals surface area (Å²) in [5.74, 6) is -0.569. The van der Waals surface area contributed by atoms with E-state index in [1.807, 2.05) is 32.0 Å². The molecule has 26 heavy (non-hydrogen) atoms. The third-order valence-corrected chi connectivity index (χ3v) is 5.88. The first kappa shape index (κ1) is 20.0. The Morgan fingerprint density at radius 1 is 0.923 bits per heavy atom. The molecule has 0 aliphatic heterocycles. The maximum atomic E-state index is 13.3. The molecule has 0 unspecified atom stereocenters. The Hall–Kier alpha value is -2.34. The van der Waals surface area contributed by atoms with E-state index < -0.39 is 16.0 Å². The van der Waals surface area contributed by atoms with Gasteiger partial charge in [-0.25, -0.2) is 8.42 Å². The summed E-state index contributed by atoms with van der Waals surface area (Å²) in [6, 6.07) is 13.9. The molecule has 0 N–H and O–H groups in total. The van der Waals surface area contributed by atoms with E-state index in [9.17, 15) is 13.2 Å². The van der Waals surface area contributed by atoms with E-state index in [2.05, 4.69) is 0 Å². The van der Waals surface area contributed by atoms with Crippen LogP contribution < -0.4 is 4.31 Å². The Kier molecular flexibility index (Phi) is 6.80. The van der Waals surface area contributed by atoms with Gasteiger partial charge in [0.2, 0.25) is 0 Å². The fraction of sp³-hybridized carbons (Fsp3) is 0.350. The van der Waals surface area contributed by atoms with Gasteiger partial charge in [-0.1, -0.05) is 50.2 Å². The van der Waals surface area contributed by atoms with Crippen molar-refractivity contribution in [2.75, 3.05) is 17.5 Å². The van der Waals surface area contributed by atoms with Crippen LogP contribution in [-0.2, 0) is 32.4 Å². The summed E-state index contributed by atoms with van der Waals surface area (Å²) < 4.78 is 32.9. The van der Waals surface area contributed by atoms with Crippen molar-refractivity contribution < 1.29 is 17.9 Å². The highest BCUT2D eigenvalue weighted by molar-refractivity contribution is 7.92. The molecule has 6 heteroatoms. The van der Waals surface area contributed by atoms with E-state index in [0.29, 0.717) is 18.5 Å². The minimum atomic E-state index is -3.90. The summed E-state index contributed by atoms with van der Waals surface area (Å²) >= 11 is 0. The van der Waals surface area contributed by atoms with Crippen molar-refractivity contribution in [1.82, 2.24) is 0 Å². The molecule has 0 fully saturated rings.